The summed E-state index contributed by atoms with van der Waals surface area (Å²) < 4.78 is 0.882. The molecule has 1 aliphatic rings. The molecule has 54 valence electrons. The third-order valence-electron chi connectivity index (χ3n) is 1.78. The molecule has 0 aromatic heterocycles. The van der Waals surface area contributed by atoms with Crippen LogP contribution in [0.1, 0.15) is 25.7 Å². The molecule has 1 aliphatic carbocycles. The molecule has 0 aromatic carbocycles. The largest absolute Gasteiger partial charge is 0.0826 e. The average Bonchev–Trinajstić information content (AvgIpc) is 1.95. The van der Waals surface area contributed by atoms with Crippen LogP contribution in [0.25, 0.3) is 0 Å². The summed E-state index contributed by atoms with van der Waals surface area (Å²) in [5, 5.41) is 0. The van der Waals surface area contributed by atoms with Gasteiger partial charge in [-0.05, 0) is 37.8 Å². The second-order valence-electron chi connectivity index (χ2n) is 2.58. The molecular formula is C9H11I. The third kappa shape index (κ3) is 2.34. The highest BCUT2D eigenvalue weighted by Gasteiger charge is 2.12. The molecule has 0 aromatic rings. The number of alkyl halides is 1. The highest BCUT2D eigenvalue weighted by atomic mass is 127. The van der Waals surface area contributed by atoms with Crippen molar-refractivity contribution in [1.82, 2.24) is 0 Å². The summed E-state index contributed by atoms with van der Waals surface area (Å²) in [6, 6.07) is 0. The number of hydrogen-bond donors (Lipinski definition) is 0. The van der Waals surface area contributed by atoms with Gasteiger partial charge in [-0.2, -0.15) is 0 Å². The SMILES string of the molecule is C=C=C=C1CCC(I)CC1. The van der Waals surface area contributed by atoms with Gasteiger partial charge < -0.3 is 0 Å². The first-order valence-corrected chi connectivity index (χ1v) is 4.84. The van der Waals surface area contributed by atoms with Crippen molar-refractivity contribution in [3.05, 3.63) is 23.6 Å². The topological polar surface area (TPSA) is 0 Å². The fraction of sp³-hybridized carbons (Fsp3) is 0.556. The van der Waals surface area contributed by atoms with Gasteiger partial charge in [-0.15, -0.1) is 0 Å². The van der Waals surface area contributed by atoms with Crippen LogP contribution in [0, 0.1) is 0 Å². The fourth-order valence-electron chi connectivity index (χ4n) is 1.18. The molecule has 1 heteroatoms. The molecule has 1 saturated carbocycles. The van der Waals surface area contributed by atoms with Crippen molar-refractivity contribution in [2.75, 3.05) is 0 Å². The Bertz CT molecular complexity index is 183. The highest BCUT2D eigenvalue weighted by molar-refractivity contribution is 14.1. The lowest BCUT2D eigenvalue weighted by Gasteiger charge is -2.16. The molecule has 0 heterocycles. The van der Waals surface area contributed by atoms with E-state index >= 15 is 0 Å². The maximum atomic E-state index is 3.51. The molecule has 0 atom stereocenters. The van der Waals surface area contributed by atoms with Gasteiger partial charge in [0.25, 0.3) is 0 Å². The fourth-order valence-corrected chi connectivity index (χ4v) is 1.80. The Hall–Kier alpha value is 0.0300. The third-order valence-corrected chi connectivity index (χ3v) is 3.03. The van der Waals surface area contributed by atoms with E-state index in [0.717, 1.165) is 3.92 Å². The minimum absolute atomic E-state index is 0.882. The summed E-state index contributed by atoms with van der Waals surface area (Å²) in [6.45, 7) is 3.51. The summed E-state index contributed by atoms with van der Waals surface area (Å²) in [5.74, 6) is 0. The smallest absolute Gasteiger partial charge is 0.0116 e. The van der Waals surface area contributed by atoms with E-state index < -0.39 is 0 Å². The van der Waals surface area contributed by atoms with E-state index in [1.807, 2.05) is 0 Å². The zero-order valence-electron chi connectivity index (χ0n) is 5.99. The lowest BCUT2D eigenvalue weighted by molar-refractivity contribution is 0.632. The van der Waals surface area contributed by atoms with Crippen molar-refractivity contribution in [2.45, 2.75) is 29.6 Å². The van der Waals surface area contributed by atoms with E-state index in [0.29, 0.717) is 0 Å². The van der Waals surface area contributed by atoms with Crippen LogP contribution < -0.4 is 0 Å². The Morgan fingerprint density at radius 3 is 2.50 bits per heavy atom. The lowest BCUT2D eigenvalue weighted by Crippen LogP contribution is -2.05. The van der Waals surface area contributed by atoms with E-state index in [9.17, 15) is 0 Å². The Balaban J connectivity index is 2.56. The Kier molecular flexibility index (Phi) is 3.27. The minimum atomic E-state index is 0.882. The minimum Gasteiger partial charge on any atom is -0.0826 e. The molecule has 0 amide bonds. The average molecular weight is 246 g/mol. The van der Waals surface area contributed by atoms with Crippen molar-refractivity contribution >= 4 is 22.6 Å². The van der Waals surface area contributed by atoms with Gasteiger partial charge in [0, 0.05) is 3.92 Å². The second-order valence-corrected chi connectivity index (χ2v) is 4.34. The molecule has 10 heavy (non-hydrogen) atoms. The van der Waals surface area contributed by atoms with Crippen LogP contribution in [-0.2, 0) is 0 Å². The first-order chi connectivity index (χ1) is 4.83. The quantitative estimate of drug-likeness (QED) is 0.349. The van der Waals surface area contributed by atoms with E-state index in [4.69, 9.17) is 0 Å². The van der Waals surface area contributed by atoms with Crippen molar-refractivity contribution in [1.29, 1.82) is 0 Å². The summed E-state index contributed by atoms with van der Waals surface area (Å²) in [4.78, 5) is 0. The Morgan fingerprint density at radius 1 is 1.40 bits per heavy atom. The van der Waals surface area contributed by atoms with E-state index in [1.165, 1.54) is 31.3 Å². The number of hydrogen-bond acceptors (Lipinski definition) is 0. The van der Waals surface area contributed by atoms with Gasteiger partial charge in [-0.25, -0.2) is 0 Å². The standard InChI is InChI=1S/C9H11I/c1-2-3-8-4-6-9(10)7-5-8/h9H,1,4-7H2. The van der Waals surface area contributed by atoms with Crippen molar-refractivity contribution in [2.24, 2.45) is 0 Å². The predicted octanol–water partition coefficient (Wildman–Crippen LogP) is 3.23. The van der Waals surface area contributed by atoms with Crippen LogP contribution >= 0.6 is 22.6 Å². The zero-order valence-corrected chi connectivity index (χ0v) is 8.15. The molecule has 0 N–H and O–H groups in total. The molecule has 0 spiro atoms. The molecule has 1 rings (SSSR count). The van der Waals surface area contributed by atoms with Gasteiger partial charge in [-0.1, -0.05) is 34.1 Å². The van der Waals surface area contributed by atoms with Crippen molar-refractivity contribution in [3.63, 3.8) is 0 Å². The van der Waals surface area contributed by atoms with E-state index in [-0.39, 0.29) is 0 Å². The van der Waals surface area contributed by atoms with Crippen LogP contribution in [0.2, 0.25) is 0 Å². The molecular weight excluding hydrogens is 235 g/mol. The first kappa shape index (κ1) is 8.13. The molecule has 0 radical (unpaired) electrons. The molecule has 0 aliphatic heterocycles. The lowest BCUT2D eigenvalue weighted by atomic mass is 9.96. The van der Waals surface area contributed by atoms with E-state index in [1.54, 1.807) is 0 Å². The Labute approximate surface area is 75.8 Å². The molecule has 0 nitrogen and oxygen atoms in total. The van der Waals surface area contributed by atoms with Gasteiger partial charge >= 0.3 is 0 Å². The molecule has 0 unspecified atom stereocenters. The van der Waals surface area contributed by atoms with Gasteiger partial charge in [0.1, 0.15) is 0 Å². The van der Waals surface area contributed by atoms with Crippen LogP contribution in [0.4, 0.5) is 0 Å². The molecule has 1 fully saturated rings. The summed E-state index contributed by atoms with van der Waals surface area (Å²) in [5.41, 5.74) is 7.18. The second kappa shape index (κ2) is 4.02. The van der Waals surface area contributed by atoms with Gasteiger partial charge in [0.15, 0.2) is 0 Å². The van der Waals surface area contributed by atoms with Gasteiger partial charge in [-0.3, -0.25) is 0 Å². The number of halogens is 1. The van der Waals surface area contributed by atoms with Crippen LogP contribution in [-0.4, -0.2) is 3.92 Å². The van der Waals surface area contributed by atoms with Crippen LogP contribution in [0.5, 0.6) is 0 Å². The van der Waals surface area contributed by atoms with Crippen molar-refractivity contribution < 1.29 is 0 Å². The monoisotopic (exact) mass is 246 g/mol. The zero-order chi connectivity index (χ0) is 7.40. The normalized spacial score (nSPS) is 25.3. The summed E-state index contributed by atoms with van der Waals surface area (Å²) in [7, 11) is 0. The molecule has 0 bridgehead atoms. The van der Waals surface area contributed by atoms with E-state index in [2.05, 4.69) is 40.6 Å². The van der Waals surface area contributed by atoms with Crippen LogP contribution in [0.15, 0.2) is 23.6 Å². The Morgan fingerprint density at radius 2 is 2.00 bits per heavy atom. The maximum Gasteiger partial charge on any atom is 0.0116 e. The number of allylic oxidation sites excluding steroid dienone is 1. The van der Waals surface area contributed by atoms with Crippen LogP contribution in [0.3, 0.4) is 0 Å². The maximum absolute atomic E-state index is 3.51. The predicted molar refractivity (Wildman–Crippen MR) is 52.4 cm³/mol. The molecule has 0 saturated heterocycles. The highest BCUT2D eigenvalue weighted by Crippen LogP contribution is 2.27. The van der Waals surface area contributed by atoms with Gasteiger partial charge in [0.2, 0.25) is 0 Å². The summed E-state index contributed by atoms with van der Waals surface area (Å²) in [6.07, 6.45) is 5.03. The first-order valence-electron chi connectivity index (χ1n) is 3.60. The summed E-state index contributed by atoms with van der Waals surface area (Å²) >= 11 is 2.52. The van der Waals surface area contributed by atoms with Crippen molar-refractivity contribution in [3.8, 4) is 0 Å². The number of rotatable bonds is 0. The van der Waals surface area contributed by atoms with Gasteiger partial charge in [0.05, 0.1) is 0 Å².